The Morgan fingerprint density at radius 2 is 2.33 bits per heavy atom. The van der Waals surface area contributed by atoms with E-state index in [-0.39, 0.29) is 0 Å². The number of halogens is 1. The van der Waals surface area contributed by atoms with Crippen LogP contribution in [0.15, 0.2) is 18.2 Å². The summed E-state index contributed by atoms with van der Waals surface area (Å²) in [6.07, 6.45) is 3.44. The number of fused-ring (bicyclic) bond motifs is 1. The van der Waals surface area contributed by atoms with E-state index in [1.54, 1.807) is 0 Å². The third kappa shape index (κ3) is 2.54. The fourth-order valence-electron chi connectivity index (χ4n) is 2.05. The highest BCUT2D eigenvalue weighted by Gasteiger charge is 2.15. The third-order valence-corrected chi connectivity index (χ3v) is 3.95. The molecule has 1 aliphatic heterocycles. The summed E-state index contributed by atoms with van der Waals surface area (Å²) in [5.41, 5.74) is 2.76. The molecule has 1 aromatic carbocycles. The molecule has 0 N–H and O–H groups in total. The monoisotopic (exact) mass is 268 g/mol. The molecule has 82 valence electrons. The van der Waals surface area contributed by atoms with Gasteiger partial charge in [-0.25, -0.2) is 0 Å². The van der Waals surface area contributed by atoms with Gasteiger partial charge in [-0.15, -0.1) is 0 Å². The molecule has 15 heavy (non-hydrogen) atoms. The van der Waals surface area contributed by atoms with Gasteiger partial charge in [-0.1, -0.05) is 41.1 Å². The molecule has 1 aromatic rings. The molecule has 0 aliphatic carbocycles. The van der Waals surface area contributed by atoms with Crippen LogP contribution in [-0.2, 0) is 12.8 Å². The highest BCUT2D eigenvalue weighted by molar-refractivity contribution is 9.09. The van der Waals surface area contributed by atoms with Crippen molar-refractivity contribution in [3.05, 3.63) is 29.3 Å². The van der Waals surface area contributed by atoms with Crippen LogP contribution < -0.4 is 4.74 Å². The van der Waals surface area contributed by atoms with Crippen LogP contribution in [0.25, 0.3) is 0 Å². The summed E-state index contributed by atoms with van der Waals surface area (Å²) in [4.78, 5) is 0. The zero-order valence-electron chi connectivity index (χ0n) is 9.13. The smallest absolute Gasteiger partial charge is 0.125 e. The minimum atomic E-state index is 0.669. The lowest BCUT2D eigenvalue weighted by Crippen LogP contribution is -2.12. The first-order valence-electron chi connectivity index (χ1n) is 5.61. The van der Waals surface area contributed by atoms with E-state index in [4.69, 9.17) is 4.74 Å². The summed E-state index contributed by atoms with van der Waals surface area (Å²) < 4.78 is 5.78. The fourth-order valence-corrected chi connectivity index (χ4v) is 2.28. The first-order chi connectivity index (χ1) is 7.31. The summed E-state index contributed by atoms with van der Waals surface area (Å²) in [6.45, 7) is 3.14. The van der Waals surface area contributed by atoms with Gasteiger partial charge in [0.15, 0.2) is 0 Å². The van der Waals surface area contributed by atoms with Crippen molar-refractivity contribution in [3.63, 3.8) is 0 Å². The lowest BCUT2D eigenvalue weighted by atomic mass is 9.96. The summed E-state index contributed by atoms with van der Waals surface area (Å²) >= 11 is 3.53. The number of rotatable bonds is 3. The van der Waals surface area contributed by atoms with E-state index in [9.17, 15) is 0 Å². The predicted octanol–water partition coefficient (Wildman–Crippen LogP) is 3.59. The van der Waals surface area contributed by atoms with Crippen molar-refractivity contribution in [3.8, 4) is 5.75 Å². The van der Waals surface area contributed by atoms with Crippen LogP contribution in [0.4, 0.5) is 0 Å². The molecule has 0 bridgehead atoms. The minimum Gasteiger partial charge on any atom is -0.493 e. The molecule has 1 heterocycles. The van der Waals surface area contributed by atoms with Gasteiger partial charge in [-0.3, -0.25) is 0 Å². The maximum Gasteiger partial charge on any atom is 0.125 e. The zero-order chi connectivity index (χ0) is 10.7. The Morgan fingerprint density at radius 3 is 3.13 bits per heavy atom. The van der Waals surface area contributed by atoms with Crippen LogP contribution in [0, 0.1) is 5.92 Å². The fraction of sp³-hybridized carbons (Fsp3) is 0.538. The maximum absolute atomic E-state index is 5.78. The number of benzene rings is 1. The molecule has 0 saturated heterocycles. The van der Waals surface area contributed by atoms with Gasteiger partial charge in [0.1, 0.15) is 5.75 Å². The van der Waals surface area contributed by atoms with Gasteiger partial charge in [-0.05, 0) is 36.3 Å². The largest absolute Gasteiger partial charge is 0.493 e. The van der Waals surface area contributed by atoms with E-state index < -0.39 is 0 Å². The summed E-state index contributed by atoms with van der Waals surface area (Å²) in [5.74, 6) is 1.83. The zero-order valence-corrected chi connectivity index (χ0v) is 10.7. The summed E-state index contributed by atoms with van der Waals surface area (Å²) in [7, 11) is 0. The second kappa shape index (κ2) is 5.02. The van der Waals surface area contributed by atoms with Gasteiger partial charge >= 0.3 is 0 Å². The van der Waals surface area contributed by atoms with Crippen LogP contribution in [0.3, 0.4) is 0 Å². The highest BCUT2D eigenvalue weighted by Crippen LogP contribution is 2.30. The van der Waals surface area contributed by atoms with Crippen molar-refractivity contribution < 1.29 is 4.74 Å². The minimum absolute atomic E-state index is 0.669. The Morgan fingerprint density at radius 1 is 1.47 bits per heavy atom. The van der Waals surface area contributed by atoms with E-state index in [1.165, 1.54) is 17.5 Å². The number of hydrogen-bond donors (Lipinski definition) is 0. The van der Waals surface area contributed by atoms with Crippen LogP contribution in [0.5, 0.6) is 5.75 Å². The molecule has 2 rings (SSSR count). The quantitative estimate of drug-likeness (QED) is 0.762. The molecule has 1 atom stereocenters. The van der Waals surface area contributed by atoms with Gasteiger partial charge in [0.05, 0.1) is 6.61 Å². The van der Waals surface area contributed by atoms with Gasteiger partial charge < -0.3 is 4.74 Å². The van der Waals surface area contributed by atoms with Crippen molar-refractivity contribution in [2.75, 3.05) is 11.9 Å². The first-order valence-corrected chi connectivity index (χ1v) is 6.73. The van der Waals surface area contributed by atoms with Gasteiger partial charge in [0.25, 0.3) is 0 Å². The Hall–Kier alpha value is -0.500. The number of aryl methyl sites for hydroxylation is 1. The van der Waals surface area contributed by atoms with E-state index in [0.29, 0.717) is 5.92 Å². The molecule has 0 radical (unpaired) electrons. The Labute approximate surface area is 100.0 Å². The number of alkyl halides is 1. The van der Waals surface area contributed by atoms with E-state index in [1.807, 2.05) is 0 Å². The van der Waals surface area contributed by atoms with Gasteiger partial charge in [-0.2, -0.15) is 0 Å². The second-order valence-electron chi connectivity index (χ2n) is 4.32. The number of hydrogen-bond acceptors (Lipinski definition) is 1. The molecule has 2 heteroatoms. The van der Waals surface area contributed by atoms with Crippen molar-refractivity contribution in [1.82, 2.24) is 0 Å². The van der Waals surface area contributed by atoms with Crippen molar-refractivity contribution in [2.24, 2.45) is 5.92 Å². The highest BCUT2D eigenvalue weighted by atomic mass is 79.9. The third-order valence-electron chi connectivity index (χ3n) is 2.85. The maximum atomic E-state index is 5.78. The lowest BCUT2D eigenvalue weighted by molar-refractivity contribution is 0.284. The Kier molecular flexibility index (Phi) is 3.68. The summed E-state index contributed by atoms with van der Waals surface area (Å²) in [6, 6.07) is 6.55. The molecule has 0 aromatic heterocycles. The van der Waals surface area contributed by atoms with Crippen molar-refractivity contribution >= 4 is 15.9 Å². The molecule has 0 saturated carbocycles. The van der Waals surface area contributed by atoms with Crippen molar-refractivity contribution in [1.29, 1.82) is 0 Å². The van der Waals surface area contributed by atoms with Crippen LogP contribution in [-0.4, -0.2) is 11.9 Å². The normalized spacial score (nSPS) is 16.7. The van der Waals surface area contributed by atoms with E-state index >= 15 is 0 Å². The van der Waals surface area contributed by atoms with E-state index in [2.05, 4.69) is 41.1 Å². The SMILES string of the molecule is CC(CBr)Cc1cccc2c1OCCC2. The Balaban J connectivity index is 2.23. The van der Waals surface area contributed by atoms with Crippen molar-refractivity contribution in [2.45, 2.75) is 26.2 Å². The molecular formula is C13H17BrO. The number of ether oxygens (including phenoxy) is 1. The van der Waals surface area contributed by atoms with Gasteiger partial charge in [0.2, 0.25) is 0 Å². The van der Waals surface area contributed by atoms with Crippen LogP contribution in [0.1, 0.15) is 24.5 Å². The predicted molar refractivity (Wildman–Crippen MR) is 66.9 cm³/mol. The molecular weight excluding hydrogens is 252 g/mol. The Bertz CT molecular complexity index is 335. The standard InChI is InChI=1S/C13H17BrO/c1-10(9-14)8-12-5-2-4-11-6-3-7-15-13(11)12/h2,4-5,10H,3,6-9H2,1H3. The van der Waals surface area contributed by atoms with Crippen LogP contribution >= 0.6 is 15.9 Å². The number of para-hydroxylation sites is 1. The molecule has 0 fully saturated rings. The van der Waals surface area contributed by atoms with Crippen LogP contribution in [0.2, 0.25) is 0 Å². The first kappa shape index (κ1) is 11.0. The lowest BCUT2D eigenvalue weighted by Gasteiger charge is -2.21. The average Bonchev–Trinajstić information content (AvgIpc) is 2.29. The molecule has 0 spiro atoms. The molecule has 1 aliphatic rings. The summed E-state index contributed by atoms with van der Waals surface area (Å²) in [5, 5.41) is 1.05. The molecule has 1 nitrogen and oxygen atoms in total. The molecule has 0 amide bonds. The molecule has 1 unspecified atom stereocenters. The average molecular weight is 269 g/mol. The topological polar surface area (TPSA) is 9.23 Å². The van der Waals surface area contributed by atoms with E-state index in [0.717, 1.165) is 30.5 Å². The van der Waals surface area contributed by atoms with Gasteiger partial charge in [0, 0.05) is 5.33 Å². The second-order valence-corrected chi connectivity index (χ2v) is 4.97.